The van der Waals surface area contributed by atoms with Gasteiger partial charge in [-0.25, -0.2) is 4.98 Å². The average molecular weight is 395 g/mol. The first-order chi connectivity index (χ1) is 13.6. The van der Waals surface area contributed by atoms with Gasteiger partial charge in [0.05, 0.1) is 13.3 Å². The summed E-state index contributed by atoms with van der Waals surface area (Å²) in [6.07, 6.45) is 4.02. The molecule has 0 saturated carbocycles. The molecule has 0 spiro atoms. The number of benzene rings is 2. The van der Waals surface area contributed by atoms with E-state index in [4.69, 9.17) is 21.1 Å². The smallest absolute Gasteiger partial charge is 0.161 e. The predicted octanol–water partition coefficient (Wildman–Crippen LogP) is 5.10. The number of nitrogens with one attached hydrogen (secondary N) is 1. The number of hydrogen-bond donors (Lipinski definition) is 2. The molecule has 0 radical (unpaired) electrons. The molecular formula is C22H19ClN2O3. The second kappa shape index (κ2) is 7.82. The quantitative estimate of drug-likeness (QED) is 0.477. The highest BCUT2D eigenvalue weighted by Crippen LogP contribution is 2.31. The largest absolute Gasteiger partial charge is 0.506 e. The summed E-state index contributed by atoms with van der Waals surface area (Å²) in [5.74, 6) is 1.50. The minimum absolute atomic E-state index is 0.150. The number of nitrogens with zero attached hydrogens (tertiary/aromatic N) is 1. The lowest BCUT2D eigenvalue weighted by Crippen LogP contribution is -1.98. The van der Waals surface area contributed by atoms with E-state index in [0.717, 1.165) is 27.7 Å². The van der Waals surface area contributed by atoms with E-state index in [0.29, 0.717) is 29.5 Å². The summed E-state index contributed by atoms with van der Waals surface area (Å²) in [6.45, 7) is 0.431. The second-order valence-corrected chi connectivity index (χ2v) is 6.92. The molecule has 2 heterocycles. The monoisotopic (exact) mass is 394 g/mol. The molecule has 0 unspecified atom stereocenters. The topological polar surface area (TPSA) is 67.4 Å². The van der Waals surface area contributed by atoms with Crippen LogP contribution in [-0.4, -0.2) is 22.2 Å². The second-order valence-electron chi connectivity index (χ2n) is 6.48. The number of methoxy groups -OCH3 is 1. The van der Waals surface area contributed by atoms with Gasteiger partial charge >= 0.3 is 0 Å². The molecule has 0 bridgehead atoms. The van der Waals surface area contributed by atoms with Gasteiger partial charge in [0.2, 0.25) is 0 Å². The molecular weight excluding hydrogens is 376 g/mol. The molecule has 0 aliphatic heterocycles. The van der Waals surface area contributed by atoms with Gasteiger partial charge in [-0.1, -0.05) is 29.8 Å². The Hall–Kier alpha value is -3.18. The molecule has 2 aromatic carbocycles. The van der Waals surface area contributed by atoms with E-state index < -0.39 is 0 Å². The summed E-state index contributed by atoms with van der Waals surface area (Å²) >= 11 is 5.92. The van der Waals surface area contributed by atoms with Crippen molar-refractivity contribution in [2.75, 3.05) is 7.11 Å². The van der Waals surface area contributed by atoms with Crippen LogP contribution in [0.5, 0.6) is 17.2 Å². The average Bonchev–Trinajstić information content (AvgIpc) is 3.10. The molecule has 0 aliphatic carbocycles. The van der Waals surface area contributed by atoms with Gasteiger partial charge in [0.1, 0.15) is 18.0 Å². The highest BCUT2D eigenvalue weighted by molar-refractivity contribution is 6.30. The minimum Gasteiger partial charge on any atom is -0.506 e. The molecule has 4 aromatic rings. The third-order valence-corrected chi connectivity index (χ3v) is 4.78. The number of halogens is 1. The predicted molar refractivity (Wildman–Crippen MR) is 109 cm³/mol. The highest BCUT2D eigenvalue weighted by Gasteiger charge is 2.10. The van der Waals surface area contributed by atoms with Gasteiger partial charge in [0.15, 0.2) is 11.5 Å². The van der Waals surface area contributed by atoms with Crippen molar-refractivity contribution in [1.82, 2.24) is 9.97 Å². The Morgan fingerprint density at radius 1 is 1.04 bits per heavy atom. The standard InChI is InChI=1S/C22H19ClN2O3/c1-27-21-9-15(8-16-11-24-22-19(16)10-18(26)12-25-22)4-7-20(21)28-13-14-2-5-17(23)6-3-14/h2-7,9-12,26H,8,13H2,1H3,(H,24,25). The number of rotatable bonds is 6. The lowest BCUT2D eigenvalue weighted by Gasteiger charge is -2.12. The van der Waals surface area contributed by atoms with Crippen LogP contribution in [0, 0.1) is 0 Å². The van der Waals surface area contributed by atoms with E-state index in [1.807, 2.05) is 48.7 Å². The van der Waals surface area contributed by atoms with E-state index in [1.165, 1.54) is 6.20 Å². The molecule has 0 amide bonds. The first-order valence-electron chi connectivity index (χ1n) is 8.81. The number of hydrogen-bond acceptors (Lipinski definition) is 4. The zero-order chi connectivity index (χ0) is 19.5. The van der Waals surface area contributed by atoms with Crippen LogP contribution in [0.1, 0.15) is 16.7 Å². The van der Waals surface area contributed by atoms with Gasteiger partial charge in [0.25, 0.3) is 0 Å². The fourth-order valence-corrected chi connectivity index (χ4v) is 3.22. The van der Waals surface area contributed by atoms with Crippen molar-refractivity contribution in [3.05, 3.63) is 82.6 Å². The normalized spacial score (nSPS) is 10.9. The Bertz CT molecular complexity index is 1110. The molecule has 0 fully saturated rings. The van der Waals surface area contributed by atoms with Crippen LogP contribution in [-0.2, 0) is 13.0 Å². The Labute approximate surface area is 167 Å². The van der Waals surface area contributed by atoms with Crippen LogP contribution in [0.15, 0.2) is 60.9 Å². The molecule has 2 N–H and O–H groups in total. The molecule has 0 atom stereocenters. The number of H-pyrrole nitrogens is 1. The third kappa shape index (κ3) is 3.89. The fourth-order valence-electron chi connectivity index (χ4n) is 3.10. The zero-order valence-corrected chi connectivity index (χ0v) is 16.0. The Kier molecular flexibility index (Phi) is 5.08. The first-order valence-corrected chi connectivity index (χ1v) is 9.19. The maximum Gasteiger partial charge on any atom is 0.161 e. The van der Waals surface area contributed by atoms with E-state index in [1.54, 1.807) is 13.2 Å². The van der Waals surface area contributed by atoms with Crippen molar-refractivity contribution in [2.24, 2.45) is 0 Å². The van der Waals surface area contributed by atoms with Gasteiger partial charge in [-0.05, 0) is 53.4 Å². The van der Waals surface area contributed by atoms with Crippen LogP contribution in [0.4, 0.5) is 0 Å². The van der Waals surface area contributed by atoms with Gasteiger partial charge in [-0.3, -0.25) is 0 Å². The number of fused-ring (bicyclic) bond motifs is 1. The van der Waals surface area contributed by atoms with Gasteiger partial charge < -0.3 is 19.6 Å². The molecule has 142 valence electrons. The molecule has 28 heavy (non-hydrogen) atoms. The summed E-state index contributed by atoms with van der Waals surface area (Å²) in [7, 11) is 1.63. The Morgan fingerprint density at radius 3 is 2.61 bits per heavy atom. The fraction of sp³-hybridized carbons (Fsp3) is 0.136. The van der Waals surface area contributed by atoms with Gasteiger partial charge in [0, 0.05) is 16.6 Å². The number of pyridine rings is 1. The number of aromatic nitrogens is 2. The zero-order valence-electron chi connectivity index (χ0n) is 15.3. The number of ether oxygens (including phenoxy) is 2. The van der Waals surface area contributed by atoms with E-state index in [-0.39, 0.29) is 5.75 Å². The van der Waals surface area contributed by atoms with Crippen LogP contribution >= 0.6 is 11.6 Å². The molecule has 0 saturated heterocycles. The molecule has 0 aliphatic rings. The summed E-state index contributed by atoms with van der Waals surface area (Å²) in [5.41, 5.74) is 3.90. The minimum atomic E-state index is 0.150. The highest BCUT2D eigenvalue weighted by atomic mass is 35.5. The van der Waals surface area contributed by atoms with Crippen molar-refractivity contribution in [3.8, 4) is 17.2 Å². The SMILES string of the molecule is COc1cc(Cc2c[nH]c3ncc(O)cc23)ccc1OCc1ccc(Cl)cc1. The van der Waals surface area contributed by atoms with Crippen molar-refractivity contribution < 1.29 is 14.6 Å². The molecule has 5 nitrogen and oxygen atoms in total. The van der Waals surface area contributed by atoms with Crippen molar-refractivity contribution in [2.45, 2.75) is 13.0 Å². The number of aromatic amines is 1. The van der Waals surface area contributed by atoms with Crippen molar-refractivity contribution in [3.63, 3.8) is 0 Å². The van der Waals surface area contributed by atoms with Crippen LogP contribution < -0.4 is 9.47 Å². The first kappa shape index (κ1) is 18.2. The van der Waals surface area contributed by atoms with Crippen molar-refractivity contribution >= 4 is 22.6 Å². The summed E-state index contributed by atoms with van der Waals surface area (Å²) in [4.78, 5) is 7.32. The molecule has 6 heteroatoms. The lowest BCUT2D eigenvalue weighted by molar-refractivity contribution is 0.284. The van der Waals surface area contributed by atoms with E-state index in [2.05, 4.69) is 9.97 Å². The maximum absolute atomic E-state index is 9.71. The molecule has 2 aromatic heterocycles. The summed E-state index contributed by atoms with van der Waals surface area (Å²) < 4.78 is 11.4. The third-order valence-electron chi connectivity index (χ3n) is 4.53. The summed E-state index contributed by atoms with van der Waals surface area (Å²) in [6, 6.07) is 15.2. The van der Waals surface area contributed by atoms with Gasteiger partial charge in [-0.2, -0.15) is 0 Å². The Balaban J connectivity index is 1.52. The van der Waals surface area contributed by atoms with Crippen LogP contribution in [0.25, 0.3) is 11.0 Å². The maximum atomic E-state index is 9.71. The van der Waals surface area contributed by atoms with Crippen LogP contribution in [0.2, 0.25) is 5.02 Å². The lowest BCUT2D eigenvalue weighted by atomic mass is 10.0. The molecule has 4 rings (SSSR count). The van der Waals surface area contributed by atoms with E-state index >= 15 is 0 Å². The Morgan fingerprint density at radius 2 is 1.82 bits per heavy atom. The summed E-state index contributed by atoms with van der Waals surface area (Å²) in [5, 5.41) is 11.3. The number of aromatic hydroxyl groups is 1. The van der Waals surface area contributed by atoms with Gasteiger partial charge in [-0.15, -0.1) is 0 Å². The van der Waals surface area contributed by atoms with Crippen LogP contribution in [0.3, 0.4) is 0 Å². The van der Waals surface area contributed by atoms with E-state index in [9.17, 15) is 5.11 Å². The van der Waals surface area contributed by atoms with Crippen molar-refractivity contribution in [1.29, 1.82) is 0 Å².